The van der Waals surface area contributed by atoms with Gasteiger partial charge < -0.3 is 5.11 Å². The molecule has 0 fully saturated rings. The average Bonchev–Trinajstić information content (AvgIpc) is 2.73. The normalized spacial score (nSPS) is 10.7. The molecule has 20 heavy (non-hydrogen) atoms. The van der Waals surface area contributed by atoms with Crippen LogP contribution in [0.3, 0.4) is 0 Å². The molecule has 0 saturated heterocycles. The highest BCUT2D eigenvalue weighted by Crippen LogP contribution is 1.97. The van der Waals surface area contributed by atoms with Gasteiger partial charge in [0, 0.05) is 25.5 Å². The van der Waals surface area contributed by atoms with Gasteiger partial charge in [0.25, 0.3) is 5.82 Å². The van der Waals surface area contributed by atoms with Crippen molar-refractivity contribution in [2.24, 2.45) is 0 Å². The van der Waals surface area contributed by atoms with Crippen molar-refractivity contribution in [2.45, 2.75) is 39.9 Å². The zero-order chi connectivity index (χ0) is 14.5. The molecule has 0 atom stereocenters. The van der Waals surface area contributed by atoms with E-state index in [4.69, 9.17) is 5.11 Å². The Morgan fingerprint density at radius 3 is 2.60 bits per heavy atom. The van der Waals surface area contributed by atoms with E-state index >= 15 is 0 Å². The number of carboxylic acids is 1. The fraction of sp³-hybridized carbons (Fsp3) is 0.400. The molecule has 0 aromatic carbocycles. The monoisotopic (exact) mass is 275 g/mol. The third kappa shape index (κ3) is 3.66. The van der Waals surface area contributed by atoms with Crippen LogP contribution in [0, 0.1) is 13.8 Å². The van der Waals surface area contributed by atoms with Crippen molar-refractivity contribution in [1.82, 2.24) is 4.57 Å². The van der Waals surface area contributed by atoms with Crippen LogP contribution in [0.4, 0.5) is 0 Å². The van der Waals surface area contributed by atoms with E-state index in [1.165, 1.54) is 5.56 Å². The van der Waals surface area contributed by atoms with Gasteiger partial charge >= 0.3 is 5.97 Å². The summed E-state index contributed by atoms with van der Waals surface area (Å²) in [6, 6.07) is 4.20. The van der Waals surface area contributed by atoms with Gasteiger partial charge in [-0.1, -0.05) is 0 Å². The molecule has 0 aliphatic carbocycles. The first-order valence-electron chi connectivity index (χ1n) is 6.79. The maximum Gasteiger partial charge on any atom is 0.346 e. The Labute approximate surface area is 118 Å². The van der Waals surface area contributed by atoms with Crippen LogP contribution in [0.1, 0.15) is 17.8 Å². The second-order valence-electron chi connectivity index (χ2n) is 5.03. The summed E-state index contributed by atoms with van der Waals surface area (Å²) in [7, 11) is 0. The molecular weight excluding hydrogens is 254 g/mol. The van der Waals surface area contributed by atoms with Crippen LogP contribution < -0.4 is 9.13 Å². The predicted molar refractivity (Wildman–Crippen MR) is 73.0 cm³/mol. The lowest BCUT2D eigenvalue weighted by Gasteiger charge is -1.99. The summed E-state index contributed by atoms with van der Waals surface area (Å²) in [5.41, 5.74) is 1.26. The number of aryl methyl sites for hydroxylation is 3. The molecule has 106 valence electrons. The Kier molecular flexibility index (Phi) is 4.50. The predicted octanol–water partition coefficient (Wildman–Crippen LogP) is 0.855. The van der Waals surface area contributed by atoms with E-state index in [1.807, 2.05) is 19.3 Å². The van der Waals surface area contributed by atoms with Crippen molar-refractivity contribution in [1.29, 1.82) is 0 Å². The fourth-order valence-electron chi connectivity index (χ4n) is 2.20. The second kappa shape index (κ2) is 6.32. The number of carbonyl (C=O) groups is 1. The Hall–Kier alpha value is -2.17. The molecule has 0 spiro atoms. The van der Waals surface area contributed by atoms with Crippen LogP contribution >= 0.6 is 0 Å². The number of carboxylic acid groups (broad SMARTS) is 1. The zero-order valence-electron chi connectivity index (χ0n) is 12.0. The summed E-state index contributed by atoms with van der Waals surface area (Å²) in [4.78, 5) is 10.7. The highest BCUT2D eigenvalue weighted by atomic mass is 16.4. The summed E-state index contributed by atoms with van der Waals surface area (Å²) >= 11 is 0. The molecule has 0 aliphatic rings. The molecule has 2 aromatic heterocycles. The van der Waals surface area contributed by atoms with E-state index in [9.17, 15) is 4.79 Å². The number of pyridine rings is 1. The minimum absolute atomic E-state index is 0.0194. The third-order valence-electron chi connectivity index (χ3n) is 3.44. The molecule has 2 rings (SSSR count). The number of nitrogens with zero attached hydrogens (tertiary/aromatic N) is 3. The summed E-state index contributed by atoms with van der Waals surface area (Å²) in [5.74, 6) is 0.160. The largest absolute Gasteiger partial charge is 0.478 e. The molecular formula is C15H21N3O2+2. The SMILES string of the molecule is Cc1cc[n+](CCCn2cc[n+](CC(=O)O)c2C)cc1. The molecule has 0 radical (unpaired) electrons. The summed E-state index contributed by atoms with van der Waals surface area (Å²) in [6.07, 6.45) is 8.95. The van der Waals surface area contributed by atoms with E-state index in [0.717, 1.165) is 25.3 Å². The Morgan fingerprint density at radius 1 is 1.25 bits per heavy atom. The zero-order valence-corrected chi connectivity index (χ0v) is 12.0. The smallest absolute Gasteiger partial charge is 0.346 e. The lowest BCUT2D eigenvalue weighted by Crippen LogP contribution is -2.39. The van der Waals surface area contributed by atoms with Gasteiger partial charge in [-0.25, -0.2) is 18.5 Å². The van der Waals surface area contributed by atoms with E-state index in [-0.39, 0.29) is 6.54 Å². The first-order valence-corrected chi connectivity index (χ1v) is 6.79. The number of hydrogen-bond acceptors (Lipinski definition) is 1. The van der Waals surface area contributed by atoms with Crippen molar-refractivity contribution >= 4 is 5.97 Å². The number of hydrogen-bond donors (Lipinski definition) is 1. The van der Waals surface area contributed by atoms with E-state index < -0.39 is 5.97 Å². The minimum atomic E-state index is -0.814. The molecule has 2 aromatic rings. The van der Waals surface area contributed by atoms with Gasteiger partial charge in [0.05, 0.1) is 6.54 Å². The number of aromatic nitrogens is 3. The summed E-state index contributed by atoms with van der Waals surface area (Å²) in [6.45, 7) is 5.89. The van der Waals surface area contributed by atoms with Gasteiger partial charge in [-0.3, -0.25) is 0 Å². The lowest BCUT2D eigenvalue weighted by atomic mass is 10.3. The van der Waals surface area contributed by atoms with Crippen molar-refractivity contribution in [2.75, 3.05) is 0 Å². The molecule has 0 saturated carbocycles. The molecule has 0 unspecified atom stereocenters. The molecule has 0 amide bonds. The van der Waals surface area contributed by atoms with Gasteiger partial charge in [-0.15, -0.1) is 0 Å². The first-order chi connectivity index (χ1) is 9.56. The Balaban J connectivity index is 1.89. The van der Waals surface area contributed by atoms with Gasteiger partial charge in [-0.2, -0.15) is 0 Å². The standard InChI is InChI=1S/C15H20N3O2/c1-13-4-8-16(9-5-13)6-3-7-17-10-11-18(14(17)2)12-15(19)20/h4-5,8-11H,3,6-7,12H2,1-2H3/q+1/p+1. The summed E-state index contributed by atoms with van der Waals surface area (Å²) in [5, 5.41) is 8.81. The first kappa shape index (κ1) is 14.2. The molecule has 1 N–H and O–H groups in total. The topological polar surface area (TPSA) is 50.0 Å². The van der Waals surface area contributed by atoms with Crippen molar-refractivity contribution in [3.63, 3.8) is 0 Å². The maximum absolute atomic E-state index is 10.7. The highest BCUT2D eigenvalue weighted by molar-refractivity contribution is 5.64. The molecule has 5 heteroatoms. The number of aliphatic carboxylic acids is 1. The van der Waals surface area contributed by atoms with Gasteiger partial charge in [0.1, 0.15) is 12.4 Å². The van der Waals surface area contributed by atoms with Crippen LogP contribution in [0.5, 0.6) is 0 Å². The average molecular weight is 275 g/mol. The highest BCUT2D eigenvalue weighted by Gasteiger charge is 2.14. The van der Waals surface area contributed by atoms with Crippen molar-refractivity contribution in [3.8, 4) is 0 Å². The number of rotatable bonds is 6. The van der Waals surface area contributed by atoms with Crippen LogP contribution in [-0.4, -0.2) is 15.6 Å². The molecule has 2 heterocycles. The van der Waals surface area contributed by atoms with Crippen LogP contribution in [0.25, 0.3) is 0 Å². The van der Waals surface area contributed by atoms with Crippen molar-refractivity contribution in [3.05, 3.63) is 48.3 Å². The minimum Gasteiger partial charge on any atom is -0.478 e. The maximum atomic E-state index is 10.7. The quantitative estimate of drug-likeness (QED) is 0.795. The van der Waals surface area contributed by atoms with Gasteiger partial charge in [0.15, 0.2) is 25.5 Å². The summed E-state index contributed by atoms with van der Waals surface area (Å²) < 4.78 is 6.01. The van der Waals surface area contributed by atoms with E-state index in [0.29, 0.717) is 0 Å². The van der Waals surface area contributed by atoms with E-state index in [1.54, 1.807) is 4.57 Å². The fourth-order valence-corrected chi connectivity index (χ4v) is 2.20. The van der Waals surface area contributed by atoms with E-state index in [2.05, 4.69) is 40.6 Å². The second-order valence-corrected chi connectivity index (χ2v) is 5.03. The molecule has 0 aliphatic heterocycles. The molecule has 0 bridgehead atoms. The van der Waals surface area contributed by atoms with Crippen LogP contribution in [-0.2, 0) is 24.4 Å². The third-order valence-corrected chi connectivity index (χ3v) is 3.44. The van der Waals surface area contributed by atoms with Crippen molar-refractivity contribution < 1.29 is 19.0 Å². The number of imidazole rings is 1. The van der Waals surface area contributed by atoms with Crippen LogP contribution in [0.15, 0.2) is 36.9 Å². The van der Waals surface area contributed by atoms with Gasteiger partial charge in [0.2, 0.25) is 0 Å². The lowest BCUT2D eigenvalue weighted by molar-refractivity contribution is -0.698. The van der Waals surface area contributed by atoms with Gasteiger partial charge in [-0.05, 0) is 12.5 Å². The molecule has 5 nitrogen and oxygen atoms in total. The Morgan fingerprint density at radius 2 is 1.95 bits per heavy atom. The van der Waals surface area contributed by atoms with Crippen LogP contribution in [0.2, 0.25) is 0 Å². The Bertz CT molecular complexity index is 588.